The van der Waals surface area contributed by atoms with Crippen molar-refractivity contribution in [3.05, 3.63) is 66.9 Å². The topological polar surface area (TPSA) is 93.2 Å². The molecule has 1 aliphatic rings. The van der Waals surface area contributed by atoms with E-state index in [1.807, 2.05) is 41.4 Å². The Morgan fingerprint density at radius 2 is 1.87 bits per heavy atom. The zero-order valence-electron chi connectivity index (χ0n) is 16.6. The number of para-hydroxylation sites is 1. The van der Waals surface area contributed by atoms with Gasteiger partial charge in [-0.1, -0.05) is 12.1 Å². The van der Waals surface area contributed by atoms with E-state index >= 15 is 0 Å². The molecule has 9 nitrogen and oxygen atoms in total. The molecule has 0 bridgehead atoms. The zero-order valence-corrected chi connectivity index (χ0v) is 16.6. The van der Waals surface area contributed by atoms with E-state index in [1.165, 1.54) is 4.80 Å². The van der Waals surface area contributed by atoms with Gasteiger partial charge in [-0.3, -0.25) is 4.79 Å². The number of nitrogens with zero attached hydrogens (tertiary/aromatic N) is 7. The molecule has 1 fully saturated rings. The summed E-state index contributed by atoms with van der Waals surface area (Å²) in [5.41, 5.74) is 2.20. The fourth-order valence-corrected chi connectivity index (χ4v) is 3.99. The molecule has 0 aliphatic carbocycles. The van der Waals surface area contributed by atoms with Crippen LogP contribution in [0.25, 0.3) is 11.2 Å². The van der Waals surface area contributed by atoms with E-state index in [9.17, 15) is 4.79 Å². The molecule has 0 radical (unpaired) electrons. The number of nitrogens with one attached hydrogen (secondary N) is 1. The lowest BCUT2D eigenvalue weighted by molar-refractivity contribution is 0.0621. The molecule has 4 heterocycles. The zero-order chi connectivity index (χ0) is 20.5. The minimum Gasteiger partial charge on any atom is -0.364 e. The van der Waals surface area contributed by atoms with Crippen LogP contribution in [0.4, 0.5) is 5.82 Å². The van der Waals surface area contributed by atoms with Gasteiger partial charge in [0.25, 0.3) is 5.91 Å². The molecule has 152 valence electrons. The summed E-state index contributed by atoms with van der Waals surface area (Å²) in [6.45, 7) is 2.69. The van der Waals surface area contributed by atoms with Crippen molar-refractivity contribution in [3.63, 3.8) is 0 Å². The molecular weight excluding hydrogens is 380 g/mol. The number of aromatic nitrogens is 6. The predicted octanol–water partition coefficient (Wildman–Crippen LogP) is 2.42. The number of benzene rings is 1. The largest absolute Gasteiger partial charge is 0.364 e. The number of carbonyl (C=O) groups is 1. The number of piperidine rings is 1. The van der Waals surface area contributed by atoms with Crippen molar-refractivity contribution in [2.24, 2.45) is 0 Å². The van der Waals surface area contributed by atoms with Gasteiger partial charge < -0.3 is 10.2 Å². The van der Waals surface area contributed by atoms with Gasteiger partial charge in [-0.15, -0.1) is 0 Å². The monoisotopic (exact) mass is 402 g/mol. The van der Waals surface area contributed by atoms with Crippen molar-refractivity contribution in [2.75, 3.05) is 11.9 Å². The van der Waals surface area contributed by atoms with E-state index in [0.29, 0.717) is 17.8 Å². The maximum Gasteiger partial charge on any atom is 0.256 e. The average Bonchev–Trinajstić information content (AvgIpc) is 3.47. The van der Waals surface area contributed by atoms with E-state index in [-0.39, 0.29) is 18.0 Å². The molecule has 9 heteroatoms. The summed E-state index contributed by atoms with van der Waals surface area (Å²) in [6, 6.07) is 9.63. The van der Waals surface area contributed by atoms with Gasteiger partial charge in [0.05, 0.1) is 29.8 Å². The highest BCUT2D eigenvalue weighted by molar-refractivity contribution is 5.98. The molecular formula is C21H22N8O. The first-order chi connectivity index (χ1) is 14.7. The van der Waals surface area contributed by atoms with Crippen molar-refractivity contribution >= 4 is 17.2 Å². The first kappa shape index (κ1) is 18.3. The van der Waals surface area contributed by atoms with Crippen LogP contribution in [0.2, 0.25) is 0 Å². The van der Waals surface area contributed by atoms with Crippen LogP contribution in [0.3, 0.4) is 0 Å². The molecule has 3 aromatic heterocycles. The fraction of sp³-hybridized carbons (Fsp3) is 0.286. The van der Waals surface area contributed by atoms with Crippen LogP contribution in [0.15, 0.2) is 61.3 Å². The Balaban J connectivity index is 1.39. The highest BCUT2D eigenvalue weighted by Gasteiger charge is 2.31. The second-order valence-electron chi connectivity index (χ2n) is 7.50. The molecule has 1 amide bonds. The van der Waals surface area contributed by atoms with Crippen molar-refractivity contribution in [1.82, 2.24) is 34.5 Å². The lowest BCUT2D eigenvalue weighted by atomic mass is 9.98. The van der Waals surface area contributed by atoms with Crippen molar-refractivity contribution in [2.45, 2.75) is 31.8 Å². The second kappa shape index (κ2) is 7.58. The van der Waals surface area contributed by atoms with Crippen molar-refractivity contribution in [1.29, 1.82) is 0 Å². The number of hydrogen-bond acceptors (Lipinski definition) is 6. The highest BCUT2D eigenvalue weighted by Crippen LogP contribution is 2.25. The minimum absolute atomic E-state index is 0.0163. The summed E-state index contributed by atoms with van der Waals surface area (Å²) in [7, 11) is 0. The number of likely N-dealkylation sites (tertiary alicyclic amines) is 1. The molecule has 30 heavy (non-hydrogen) atoms. The number of rotatable bonds is 4. The molecule has 5 rings (SSSR count). The number of amides is 1. The van der Waals surface area contributed by atoms with E-state index in [2.05, 4.69) is 32.5 Å². The summed E-state index contributed by atoms with van der Waals surface area (Å²) in [5, 5.41) is 16.2. The van der Waals surface area contributed by atoms with Gasteiger partial charge in [0, 0.05) is 31.0 Å². The summed E-state index contributed by atoms with van der Waals surface area (Å²) in [6.07, 6.45) is 10.4. The number of carbonyl (C=O) groups excluding carboxylic acids is 1. The number of hydrogen-bond donors (Lipinski definition) is 1. The van der Waals surface area contributed by atoms with Gasteiger partial charge in [0.2, 0.25) is 0 Å². The minimum atomic E-state index is -0.0163. The van der Waals surface area contributed by atoms with Crippen LogP contribution in [-0.4, -0.2) is 59.0 Å². The van der Waals surface area contributed by atoms with E-state index in [0.717, 1.165) is 24.2 Å². The first-order valence-corrected chi connectivity index (χ1v) is 10.0. The Hall–Kier alpha value is -3.75. The van der Waals surface area contributed by atoms with Crippen LogP contribution < -0.4 is 5.32 Å². The van der Waals surface area contributed by atoms with Crippen LogP contribution in [0.1, 0.15) is 30.1 Å². The predicted molar refractivity (Wildman–Crippen MR) is 111 cm³/mol. The summed E-state index contributed by atoms with van der Waals surface area (Å²) in [4.78, 5) is 21.4. The van der Waals surface area contributed by atoms with Crippen LogP contribution >= 0.6 is 0 Å². The third-order valence-electron chi connectivity index (χ3n) is 5.58. The number of fused-ring (bicyclic) bond motifs is 1. The van der Waals surface area contributed by atoms with E-state index in [4.69, 9.17) is 0 Å². The molecule has 2 atom stereocenters. The maximum atomic E-state index is 13.5. The third kappa shape index (κ3) is 3.28. The Labute approximate surface area is 173 Å². The quantitative estimate of drug-likeness (QED) is 0.564. The molecule has 1 aromatic carbocycles. The Morgan fingerprint density at radius 3 is 2.73 bits per heavy atom. The number of anilines is 1. The standard InChI is InChI=1S/C21H22N8O/c1-15-6-7-16(26-20-19-8-9-23-28(19)13-12-22-20)14-27(15)21(30)17-4-2-3-5-18(17)29-24-10-11-25-29/h2-5,8-13,15-16H,6-7,14H2,1H3,(H,22,26)/t15-,16-/m1/s1. The summed E-state index contributed by atoms with van der Waals surface area (Å²) < 4.78 is 1.79. The van der Waals surface area contributed by atoms with E-state index in [1.54, 1.807) is 29.3 Å². The Morgan fingerprint density at radius 1 is 1.03 bits per heavy atom. The van der Waals surface area contributed by atoms with Gasteiger partial charge in [0.1, 0.15) is 5.52 Å². The van der Waals surface area contributed by atoms with Crippen molar-refractivity contribution in [3.8, 4) is 5.69 Å². The second-order valence-corrected chi connectivity index (χ2v) is 7.50. The third-order valence-corrected chi connectivity index (χ3v) is 5.58. The molecule has 1 aliphatic heterocycles. The molecule has 0 unspecified atom stereocenters. The van der Waals surface area contributed by atoms with Gasteiger partial charge >= 0.3 is 0 Å². The molecule has 0 saturated carbocycles. The van der Waals surface area contributed by atoms with Gasteiger partial charge in [-0.2, -0.15) is 20.1 Å². The summed E-state index contributed by atoms with van der Waals surface area (Å²) in [5.74, 6) is 0.764. The summed E-state index contributed by atoms with van der Waals surface area (Å²) >= 11 is 0. The lowest BCUT2D eigenvalue weighted by Gasteiger charge is -2.38. The van der Waals surface area contributed by atoms with Crippen molar-refractivity contribution < 1.29 is 4.79 Å². The normalized spacial score (nSPS) is 19.2. The highest BCUT2D eigenvalue weighted by atomic mass is 16.2. The van der Waals surface area contributed by atoms with Gasteiger partial charge in [0.15, 0.2) is 5.82 Å². The average molecular weight is 402 g/mol. The maximum absolute atomic E-state index is 13.5. The lowest BCUT2D eigenvalue weighted by Crippen LogP contribution is -2.50. The smallest absolute Gasteiger partial charge is 0.256 e. The van der Waals surface area contributed by atoms with Gasteiger partial charge in [-0.05, 0) is 38.0 Å². The molecule has 0 spiro atoms. The molecule has 1 saturated heterocycles. The van der Waals surface area contributed by atoms with Gasteiger partial charge in [-0.25, -0.2) is 9.50 Å². The fourth-order valence-electron chi connectivity index (χ4n) is 3.99. The van der Waals surface area contributed by atoms with Crippen LogP contribution in [0, 0.1) is 0 Å². The first-order valence-electron chi connectivity index (χ1n) is 10.0. The molecule has 4 aromatic rings. The Kier molecular flexibility index (Phi) is 4.62. The molecule has 1 N–H and O–H groups in total. The van der Waals surface area contributed by atoms with Crippen LogP contribution in [0.5, 0.6) is 0 Å². The SMILES string of the molecule is C[C@@H]1CC[C@@H](Nc2nccn3nccc23)CN1C(=O)c1ccccc1-n1nccn1. The Bertz CT molecular complexity index is 1170. The van der Waals surface area contributed by atoms with E-state index < -0.39 is 0 Å². The van der Waals surface area contributed by atoms with Crippen LogP contribution in [-0.2, 0) is 0 Å².